The standard InChI is InChI=1S/C16H33BrS/c17-15-13-11-9-7-5-3-1-2-4-6-8-10-12-14-16-18/h18H,1-16H2. The molecule has 0 saturated carbocycles. The number of halogens is 1. The van der Waals surface area contributed by atoms with E-state index in [1.807, 2.05) is 0 Å². The smallest absolute Gasteiger partial charge is 0.00313 e. The molecule has 110 valence electrons. The summed E-state index contributed by atoms with van der Waals surface area (Å²) in [5.41, 5.74) is 0. The normalized spacial score (nSPS) is 11.0. The zero-order valence-corrected chi connectivity index (χ0v) is 14.6. The van der Waals surface area contributed by atoms with Gasteiger partial charge in [0.15, 0.2) is 0 Å². The average molecular weight is 337 g/mol. The molecule has 0 nitrogen and oxygen atoms in total. The number of alkyl halides is 1. The van der Waals surface area contributed by atoms with Gasteiger partial charge in [0.25, 0.3) is 0 Å². The van der Waals surface area contributed by atoms with Crippen molar-refractivity contribution in [3.05, 3.63) is 0 Å². The van der Waals surface area contributed by atoms with Crippen LogP contribution in [-0.2, 0) is 0 Å². The van der Waals surface area contributed by atoms with Crippen LogP contribution < -0.4 is 0 Å². The summed E-state index contributed by atoms with van der Waals surface area (Å²) in [4.78, 5) is 0. The van der Waals surface area contributed by atoms with E-state index in [1.165, 1.54) is 95.2 Å². The van der Waals surface area contributed by atoms with E-state index in [4.69, 9.17) is 0 Å². The van der Waals surface area contributed by atoms with E-state index in [0.717, 1.165) is 5.75 Å². The fourth-order valence-electron chi connectivity index (χ4n) is 2.33. The predicted octanol–water partition coefficient (Wildman–Crippen LogP) is 6.77. The molecule has 0 N–H and O–H groups in total. The summed E-state index contributed by atoms with van der Waals surface area (Å²) in [7, 11) is 0. The molecule has 0 aliphatic carbocycles. The minimum absolute atomic E-state index is 1.07. The first kappa shape index (κ1) is 18.8. The van der Waals surface area contributed by atoms with Crippen molar-refractivity contribution in [1.82, 2.24) is 0 Å². The molecule has 0 unspecified atom stereocenters. The summed E-state index contributed by atoms with van der Waals surface area (Å²) in [5, 5.41) is 1.18. The van der Waals surface area contributed by atoms with Crippen molar-refractivity contribution in [3.8, 4) is 0 Å². The molecule has 0 amide bonds. The number of thiol groups is 1. The highest BCUT2D eigenvalue weighted by molar-refractivity contribution is 9.09. The minimum atomic E-state index is 1.07. The van der Waals surface area contributed by atoms with Crippen LogP contribution >= 0.6 is 28.6 Å². The molecule has 0 bridgehead atoms. The average Bonchev–Trinajstić information content (AvgIpc) is 2.39. The van der Waals surface area contributed by atoms with Crippen molar-refractivity contribution >= 4 is 28.6 Å². The van der Waals surface area contributed by atoms with E-state index in [2.05, 4.69) is 28.6 Å². The van der Waals surface area contributed by atoms with Crippen LogP contribution in [0.2, 0.25) is 0 Å². The Kier molecular flexibility index (Phi) is 18.7. The van der Waals surface area contributed by atoms with Crippen molar-refractivity contribution in [2.24, 2.45) is 0 Å². The summed E-state index contributed by atoms with van der Waals surface area (Å²) in [6, 6.07) is 0. The largest absolute Gasteiger partial charge is 0.179 e. The molecule has 0 aliphatic heterocycles. The molecule has 0 fully saturated rings. The van der Waals surface area contributed by atoms with Gasteiger partial charge in [0.05, 0.1) is 0 Å². The van der Waals surface area contributed by atoms with Gasteiger partial charge >= 0.3 is 0 Å². The lowest BCUT2D eigenvalue weighted by Gasteiger charge is -2.02. The first-order chi connectivity index (χ1) is 8.91. The Hall–Kier alpha value is 0.830. The van der Waals surface area contributed by atoms with Crippen molar-refractivity contribution in [2.45, 2.75) is 89.9 Å². The SMILES string of the molecule is SCCCCCCCCCCCCCCCCBr. The lowest BCUT2D eigenvalue weighted by Crippen LogP contribution is -1.83. The first-order valence-corrected chi connectivity index (χ1v) is 9.84. The molecular weight excluding hydrogens is 304 g/mol. The molecule has 0 aromatic rings. The zero-order chi connectivity index (χ0) is 13.3. The van der Waals surface area contributed by atoms with Gasteiger partial charge in [0, 0.05) is 5.33 Å². The second-order valence-electron chi connectivity index (χ2n) is 5.36. The lowest BCUT2D eigenvalue weighted by molar-refractivity contribution is 0.539. The topological polar surface area (TPSA) is 0 Å². The molecule has 0 rings (SSSR count). The van der Waals surface area contributed by atoms with Crippen LogP contribution in [0, 0.1) is 0 Å². The maximum Gasteiger partial charge on any atom is 0.00313 e. The van der Waals surface area contributed by atoms with Crippen molar-refractivity contribution in [1.29, 1.82) is 0 Å². The molecule has 0 aromatic heterocycles. The van der Waals surface area contributed by atoms with Crippen molar-refractivity contribution < 1.29 is 0 Å². The van der Waals surface area contributed by atoms with Crippen LogP contribution in [0.25, 0.3) is 0 Å². The monoisotopic (exact) mass is 336 g/mol. The Bertz CT molecular complexity index is 123. The molecule has 2 heteroatoms. The van der Waals surface area contributed by atoms with Crippen molar-refractivity contribution in [2.75, 3.05) is 11.1 Å². The van der Waals surface area contributed by atoms with Gasteiger partial charge in [-0.15, -0.1) is 0 Å². The quantitative estimate of drug-likeness (QED) is 0.190. The lowest BCUT2D eigenvalue weighted by atomic mass is 10.0. The minimum Gasteiger partial charge on any atom is -0.179 e. The van der Waals surface area contributed by atoms with E-state index in [1.54, 1.807) is 0 Å². The summed E-state index contributed by atoms with van der Waals surface area (Å²) >= 11 is 7.72. The number of unbranched alkanes of at least 4 members (excludes halogenated alkanes) is 13. The van der Waals surface area contributed by atoms with E-state index in [0.29, 0.717) is 0 Å². The number of rotatable bonds is 15. The second-order valence-corrected chi connectivity index (χ2v) is 6.60. The van der Waals surface area contributed by atoms with Gasteiger partial charge in [-0.3, -0.25) is 0 Å². The van der Waals surface area contributed by atoms with Crippen LogP contribution in [0.3, 0.4) is 0 Å². The summed E-state index contributed by atoms with van der Waals surface area (Å²) in [6.07, 6.45) is 20.0. The number of hydrogen-bond donors (Lipinski definition) is 1. The Morgan fingerprint density at radius 3 is 1.00 bits per heavy atom. The maximum absolute atomic E-state index is 4.24. The van der Waals surface area contributed by atoms with Crippen LogP contribution in [0.5, 0.6) is 0 Å². The van der Waals surface area contributed by atoms with E-state index < -0.39 is 0 Å². The Morgan fingerprint density at radius 1 is 0.444 bits per heavy atom. The molecule has 0 aromatic carbocycles. The highest BCUT2D eigenvalue weighted by atomic mass is 79.9. The third-order valence-electron chi connectivity index (χ3n) is 3.54. The first-order valence-electron chi connectivity index (χ1n) is 8.08. The van der Waals surface area contributed by atoms with Crippen LogP contribution in [0.4, 0.5) is 0 Å². The van der Waals surface area contributed by atoms with Gasteiger partial charge in [-0.2, -0.15) is 12.6 Å². The predicted molar refractivity (Wildman–Crippen MR) is 92.3 cm³/mol. The highest BCUT2D eigenvalue weighted by Gasteiger charge is 1.93. The molecule has 0 radical (unpaired) electrons. The fourth-order valence-corrected chi connectivity index (χ4v) is 2.95. The van der Waals surface area contributed by atoms with Gasteiger partial charge < -0.3 is 0 Å². The molecule has 0 aliphatic rings. The van der Waals surface area contributed by atoms with Crippen LogP contribution in [-0.4, -0.2) is 11.1 Å². The van der Waals surface area contributed by atoms with Gasteiger partial charge in [-0.25, -0.2) is 0 Å². The van der Waals surface area contributed by atoms with Crippen molar-refractivity contribution in [3.63, 3.8) is 0 Å². The van der Waals surface area contributed by atoms with Gasteiger partial charge in [-0.1, -0.05) is 93.0 Å². The molecular formula is C16H33BrS. The summed E-state index contributed by atoms with van der Waals surface area (Å²) in [6.45, 7) is 0. The molecule has 0 saturated heterocycles. The third kappa shape index (κ3) is 16.8. The molecule has 0 heterocycles. The Labute approximate surface area is 129 Å². The molecule has 18 heavy (non-hydrogen) atoms. The molecule has 0 spiro atoms. The summed E-state index contributed by atoms with van der Waals surface area (Å²) in [5.74, 6) is 1.07. The van der Waals surface area contributed by atoms with Gasteiger partial charge in [0.1, 0.15) is 0 Å². The third-order valence-corrected chi connectivity index (χ3v) is 4.42. The summed E-state index contributed by atoms with van der Waals surface area (Å²) < 4.78 is 0. The number of hydrogen-bond acceptors (Lipinski definition) is 1. The van der Waals surface area contributed by atoms with E-state index >= 15 is 0 Å². The van der Waals surface area contributed by atoms with Gasteiger partial charge in [0.2, 0.25) is 0 Å². The Morgan fingerprint density at radius 2 is 0.722 bits per heavy atom. The van der Waals surface area contributed by atoms with Crippen LogP contribution in [0.15, 0.2) is 0 Å². The Balaban J connectivity index is 2.86. The van der Waals surface area contributed by atoms with E-state index in [-0.39, 0.29) is 0 Å². The maximum atomic E-state index is 4.24. The second kappa shape index (κ2) is 17.8. The molecule has 0 atom stereocenters. The zero-order valence-electron chi connectivity index (χ0n) is 12.1. The highest BCUT2D eigenvalue weighted by Crippen LogP contribution is 2.13. The van der Waals surface area contributed by atoms with Crippen LogP contribution in [0.1, 0.15) is 89.9 Å². The van der Waals surface area contributed by atoms with E-state index in [9.17, 15) is 0 Å². The fraction of sp³-hybridized carbons (Fsp3) is 1.00. The van der Waals surface area contributed by atoms with Gasteiger partial charge in [-0.05, 0) is 18.6 Å².